The first-order valence-electron chi connectivity index (χ1n) is 7.13. The molecule has 3 atom stereocenters. The Balaban J connectivity index is 2.09. The van der Waals surface area contributed by atoms with Crippen molar-refractivity contribution in [2.24, 2.45) is 17.3 Å². The number of hydrogen-bond acceptors (Lipinski definition) is 4. The number of carboxylic acids is 1. The monoisotopic (exact) mass is 291 g/mol. The van der Waals surface area contributed by atoms with Crippen LogP contribution in [0.5, 0.6) is 0 Å². The first-order chi connectivity index (χ1) is 9.84. The topological polar surface area (TPSA) is 92.2 Å². The summed E-state index contributed by atoms with van der Waals surface area (Å²) in [6.45, 7) is 5.91. The van der Waals surface area contributed by atoms with Gasteiger partial charge < -0.3 is 10.4 Å². The fraction of sp³-hybridized carbons (Fsp3) is 0.600. The van der Waals surface area contributed by atoms with Crippen molar-refractivity contribution in [3.05, 3.63) is 24.3 Å². The number of amides is 1. The van der Waals surface area contributed by atoms with Gasteiger partial charge in [0.2, 0.25) is 0 Å². The van der Waals surface area contributed by atoms with Gasteiger partial charge in [-0.25, -0.2) is 4.98 Å². The van der Waals surface area contributed by atoms with Crippen LogP contribution in [0.1, 0.15) is 44.1 Å². The fourth-order valence-electron chi connectivity index (χ4n) is 3.10. The second kappa shape index (κ2) is 5.79. The van der Waals surface area contributed by atoms with E-state index < -0.39 is 5.97 Å². The van der Waals surface area contributed by atoms with Gasteiger partial charge in [0.25, 0.3) is 5.91 Å². The highest BCUT2D eigenvalue weighted by molar-refractivity contribution is 5.92. The SMILES string of the molecule is CC1C(NC(=O)c2cnccn2)CCC(C(=O)O)C1(C)C. The van der Waals surface area contributed by atoms with E-state index in [0.717, 1.165) is 0 Å². The molecule has 1 aliphatic rings. The molecule has 3 unspecified atom stereocenters. The van der Waals surface area contributed by atoms with Crippen molar-refractivity contribution in [1.82, 2.24) is 15.3 Å². The first-order valence-corrected chi connectivity index (χ1v) is 7.13. The lowest BCUT2D eigenvalue weighted by Gasteiger charge is -2.46. The molecule has 1 aliphatic carbocycles. The van der Waals surface area contributed by atoms with E-state index in [2.05, 4.69) is 15.3 Å². The van der Waals surface area contributed by atoms with Crippen LogP contribution in [-0.2, 0) is 4.79 Å². The zero-order valence-corrected chi connectivity index (χ0v) is 12.5. The predicted octanol–water partition coefficient (Wildman–Crippen LogP) is 1.73. The summed E-state index contributed by atoms with van der Waals surface area (Å²) >= 11 is 0. The maximum atomic E-state index is 12.2. The van der Waals surface area contributed by atoms with Crippen LogP contribution in [0.2, 0.25) is 0 Å². The summed E-state index contributed by atoms with van der Waals surface area (Å²) in [6.07, 6.45) is 5.64. The van der Waals surface area contributed by atoms with Crippen molar-refractivity contribution in [2.45, 2.75) is 39.7 Å². The summed E-state index contributed by atoms with van der Waals surface area (Å²) in [5, 5.41) is 12.3. The van der Waals surface area contributed by atoms with E-state index in [1.807, 2.05) is 20.8 Å². The summed E-state index contributed by atoms with van der Waals surface area (Å²) in [7, 11) is 0. The van der Waals surface area contributed by atoms with Gasteiger partial charge in [0.05, 0.1) is 12.1 Å². The molecule has 0 spiro atoms. The van der Waals surface area contributed by atoms with Gasteiger partial charge in [-0.2, -0.15) is 0 Å². The van der Waals surface area contributed by atoms with E-state index in [4.69, 9.17) is 0 Å². The third kappa shape index (κ3) is 3.04. The summed E-state index contributed by atoms with van der Waals surface area (Å²) in [6, 6.07) is -0.0508. The molecule has 6 nitrogen and oxygen atoms in total. The number of aliphatic carboxylic acids is 1. The molecule has 1 amide bonds. The number of carboxylic acid groups (broad SMARTS) is 1. The van der Waals surface area contributed by atoms with Gasteiger partial charge in [-0.1, -0.05) is 20.8 Å². The quantitative estimate of drug-likeness (QED) is 0.884. The van der Waals surface area contributed by atoms with Crippen LogP contribution in [-0.4, -0.2) is 33.0 Å². The van der Waals surface area contributed by atoms with E-state index in [0.29, 0.717) is 12.8 Å². The fourth-order valence-corrected chi connectivity index (χ4v) is 3.10. The highest BCUT2D eigenvalue weighted by Gasteiger charge is 2.46. The number of nitrogens with zero attached hydrogens (tertiary/aromatic N) is 2. The Morgan fingerprint density at radius 1 is 1.33 bits per heavy atom. The Kier molecular flexibility index (Phi) is 4.25. The zero-order valence-electron chi connectivity index (χ0n) is 12.5. The summed E-state index contributed by atoms with van der Waals surface area (Å²) in [4.78, 5) is 31.4. The van der Waals surface area contributed by atoms with E-state index in [9.17, 15) is 14.7 Å². The molecule has 0 aliphatic heterocycles. The lowest BCUT2D eigenvalue weighted by Crippen LogP contribution is -2.52. The molecule has 0 aromatic carbocycles. The standard InChI is InChI=1S/C15H21N3O3/c1-9-11(5-4-10(14(20)21)15(9,2)3)18-13(19)12-8-16-6-7-17-12/h6-11H,4-5H2,1-3H3,(H,18,19)(H,20,21). The number of carbonyl (C=O) groups is 2. The first kappa shape index (κ1) is 15.4. The molecule has 21 heavy (non-hydrogen) atoms. The number of nitrogens with one attached hydrogen (secondary N) is 1. The number of hydrogen-bond donors (Lipinski definition) is 2. The van der Waals surface area contributed by atoms with Gasteiger partial charge in [0.15, 0.2) is 0 Å². The van der Waals surface area contributed by atoms with Crippen molar-refractivity contribution in [2.75, 3.05) is 0 Å². The van der Waals surface area contributed by atoms with Gasteiger partial charge in [-0.05, 0) is 24.2 Å². The van der Waals surface area contributed by atoms with Crippen LogP contribution in [0.3, 0.4) is 0 Å². The van der Waals surface area contributed by atoms with Crippen LogP contribution in [0.25, 0.3) is 0 Å². The van der Waals surface area contributed by atoms with Crippen molar-refractivity contribution in [3.63, 3.8) is 0 Å². The largest absolute Gasteiger partial charge is 0.481 e. The maximum Gasteiger partial charge on any atom is 0.307 e. The van der Waals surface area contributed by atoms with E-state index in [-0.39, 0.29) is 34.9 Å². The predicted molar refractivity (Wildman–Crippen MR) is 76.6 cm³/mol. The van der Waals surface area contributed by atoms with Gasteiger partial charge in [-0.3, -0.25) is 14.6 Å². The van der Waals surface area contributed by atoms with E-state index in [1.165, 1.54) is 18.6 Å². The van der Waals surface area contributed by atoms with Gasteiger partial charge in [-0.15, -0.1) is 0 Å². The summed E-state index contributed by atoms with van der Waals surface area (Å²) in [5.74, 6) is -1.33. The number of aromatic nitrogens is 2. The minimum atomic E-state index is -0.759. The molecule has 2 rings (SSSR count). The van der Waals surface area contributed by atoms with Crippen molar-refractivity contribution >= 4 is 11.9 Å². The maximum absolute atomic E-state index is 12.2. The highest BCUT2D eigenvalue weighted by atomic mass is 16.4. The number of carbonyl (C=O) groups excluding carboxylic acids is 1. The normalized spacial score (nSPS) is 27.9. The van der Waals surface area contributed by atoms with Gasteiger partial charge in [0, 0.05) is 18.4 Å². The molecule has 1 heterocycles. The molecular weight excluding hydrogens is 270 g/mol. The van der Waals surface area contributed by atoms with Gasteiger partial charge in [0.1, 0.15) is 5.69 Å². The molecule has 1 aromatic heterocycles. The molecule has 0 radical (unpaired) electrons. The summed E-state index contributed by atoms with van der Waals surface area (Å²) < 4.78 is 0. The van der Waals surface area contributed by atoms with Crippen LogP contribution >= 0.6 is 0 Å². The van der Waals surface area contributed by atoms with Crippen molar-refractivity contribution in [3.8, 4) is 0 Å². The lowest BCUT2D eigenvalue weighted by molar-refractivity contribution is -0.150. The van der Waals surface area contributed by atoms with Crippen LogP contribution in [0.4, 0.5) is 0 Å². The number of rotatable bonds is 3. The summed E-state index contributed by atoms with van der Waals surface area (Å²) in [5.41, 5.74) is -0.0902. The average Bonchev–Trinajstić information content (AvgIpc) is 2.44. The minimum Gasteiger partial charge on any atom is -0.481 e. The second-order valence-electron chi connectivity index (χ2n) is 6.25. The van der Waals surface area contributed by atoms with Gasteiger partial charge >= 0.3 is 5.97 Å². The Morgan fingerprint density at radius 3 is 2.62 bits per heavy atom. The molecule has 1 saturated carbocycles. The minimum absolute atomic E-state index is 0.0508. The van der Waals surface area contributed by atoms with Crippen LogP contribution < -0.4 is 5.32 Å². The lowest BCUT2D eigenvalue weighted by atomic mass is 9.61. The van der Waals surface area contributed by atoms with E-state index in [1.54, 1.807) is 0 Å². The Hall–Kier alpha value is -1.98. The van der Waals surface area contributed by atoms with Crippen molar-refractivity contribution < 1.29 is 14.7 Å². The third-order valence-electron chi connectivity index (χ3n) is 4.85. The molecule has 1 aromatic rings. The molecule has 0 saturated heterocycles. The highest BCUT2D eigenvalue weighted by Crippen LogP contribution is 2.45. The third-order valence-corrected chi connectivity index (χ3v) is 4.85. The Labute approximate surface area is 124 Å². The molecule has 1 fully saturated rings. The van der Waals surface area contributed by atoms with E-state index >= 15 is 0 Å². The zero-order chi connectivity index (χ0) is 15.6. The molecular formula is C15H21N3O3. The smallest absolute Gasteiger partial charge is 0.307 e. The average molecular weight is 291 g/mol. The molecule has 114 valence electrons. The Bertz CT molecular complexity index is 530. The molecule has 0 bridgehead atoms. The molecule has 2 N–H and O–H groups in total. The second-order valence-corrected chi connectivity index (χ2v) is 6.25. The van der Waals surface area contributed by atoms with Crippen LogP contribution in [0, 0.1) is 17.3 Å². The molecule has 6 heteroatoms. The van der Waals surface area contributed by atoms with Crippen molar-refractivity contribution in [1.29, 1.82) is 0 Å². The Morgan fingerprint density at radius 2 is 2.05 bits per heavy atom. The van der Waals surface area contributed by atoms with Crippen LogP contribution in [0.15, 0.2) is 18.6 Å².